The smallest absolute Gasteiger partial charge is 0.164 e. The number of benzene rings is 8. The van der Waals surface area contributed by atoms with E-state index in [9.17, 15) is 0 Å². The molecule has 0 spiro atoms. The van der Waals surface area contributed by atoms with E-state index in [1.54, 1.807) is 0 Å². The van der Waals surface area contributed by atoms with Gasteiger partial charge in [-0.25, -0.2) is 15.0 Å². The summed E-state index contributed by atoms with van der Waals surface area (Å²) in [5.74, 6) is 1.89. The molecular weight excluding hydrogens is 741 g/mol. The van der Waals surface area contributed by atoms with E-state index in [0.717, 1.165) is 51.1 Å². The van der Waals surface area contributed by atoms with Crippen molar-refractivity contribution in [1.82, 2.24) is 19.5 Å². The molecule has 2 aromatic heterocycles. The van der Waals surface area contributed by atoms with Crippen LogP contribution in [-0.2, 0) is 10.8 Å². The van der Waals surface area contributed by atoms with Crippen LogP contribution in [0.1, 0.15) is 51.7 Å². The molecule has 294 valence electrons. The fourth-order valence-corrected chi connectivity index (χ4v) is 9.53. The lowest BCUT2D eigenvalue weighted by molar-refractivity contribution is 0.332. The monoisotopic (exact) mass is 786 g/mol. The van der Waals surface area contributed by atoms with Gasteiger partial charge in [-0.2, -0.15) is 0 Å². The Hall–Kier alpha value is -7.17. The van der Waals surface area contributed by atoms with E-state index in [2.05, 4.69) is 196 Å². The average molecular weight is 787 g/mol. The van der Waals surface area contributed by atoms with E-state index in [1.807, 2.05) is 18.2 Å². The SMILES string of the molecule is CC1(C)CCC(C)(C)c2cc3c(cc21)c1cc2ccccc2cc1n3-c1cccc(-c2nc(-c3ccccc3)nc(-c3cc(-c4ccccc4)cc(-c4ccccc4)c3)n2)c1. The van der Waals surface area contributed by atoms with Gasteiger partial charge in [0.2, 0.25) is 0 Å². The largest absolute Gasteiger partial charge is 0.309 e. The molecule has 11 rings (SSSR count). The van der Waals surface area contributed by atoms with Crippen molar-refractivity contribution >= 4 is 32.6 Å². The Morgan fingerprint density at radius 1 is 0.361 bits per heavy atom. The Balaban J connectivity index is 1.14. The molecule has 0 saturated carbocycles. The number of aromatic nitrogens is 4. The minimum atomic E-state index is 0.0696. The van der Waals surface area contributed by atoms with Gasteiger partial charge in [-0.3, -0.25) is 0 Å². The van der Waals surface area contributed by atoms with E-state index in [-0.39, 0.29) is 10.8 Å². The Morgan fingerprint density at radius 3 is 1.41 bits per heavy atom. The summed E-state index contributed by atoms with van der Waals surface area (Å²) >= 11 is 0. The van der Waals surface area contributed by atoms with Gasteiger partial charge in [0, 0.05) is 33.2 Å². The molecule has 0 amide bonds. The second kappa shape index (κ2) is 14.2. The third-order valence-corrected chi connectivity index (χ3v) is 13.0. The number of fused-ring (bicyclic) bond motifs is 5. The second-order valence-electron chi connectivity index (χ2n) is 18.0. The average Bonchev–Trinajstić information content (AvgIpc) is 3.62. The number of rotatable bonds is 6. The van der Waals surface area contributed by atoms with E-state index in [4.69, 9.17) is 15.0 Å². The van der Waals surface area contributed by atoms with Crippen LogP contribution < -0.4 is 0 Å². The predicted octanol–water partition coefficient (Wildman–Crippen LogP) is 14.8. The van der Waals surface area contributed by atoms with Crippen molar-refractivity contribution in [1.29, 1.82) is 0 Å². The highest BCUT2D eigenvalue weighted by Gasteiger charge is 2.38. The molecule has 4 nitrogen and oxygen atoms in total. The summed E-state index contributed by atoms with van der Waals surface area (Å²) in [6.07, 6.45) is 2.33. The Morgan fingerprint density at radius 2 is 0.803 bits per heavy atom. The van der Waals surface area contributed by atoms with E-state index in [0.29, 0.717) is 17.5 Å². The molecule has 2 heterocycles. The van der Waals surface area contributed by atoms with Gasteiger partial charge in [0.15, 0.2) is 17.5 Å². The topological polar surface area (TPSA) is 43.6 Å². The van der Waals surface area contributed by atoms with Gasteiger partial charge in [-0.1, -0.05) is 155 Å². The van der Waals surface area contributed by atoms with Crippen LogP contribution in [0.3, 0.4) is 0 Å². The Bertz CT molecular complexity index is 3230. The van der Waals surface area contributed by atoms with Gasteiger partial charge in [0.05, 0.1) is 11.0 Å². The molecular formula is C57H46N4. The van der Waals surface area contributed by atoms with Crippen LogP contribution in [0.5, 0.6) is 0 Å². The van der Waals surface area contributed by atoms with Gasteiger partial charge in [0.1, 0.15) is 0 Å². The first-order valence-electron chi connectivity index (χ1n) is 21.4. The molecule has 1 aliphatic rings. The van der Waals surface area contributed by atoms with Crippen molar-refractivity contribution in [2.45, 2.75) is 51.4 Å². The summed E-state index contributed by atoms with van der Waals surface area (Å²) in [7, 11) is 0. The zero-order valence-corrected chi connectivity index (χ0v) is 35.0. The van der Waals surface area contributed by atoms with Crippen molar-refractivity contribution in [2.24, 2.45) is 0 Å². The predicted molar refractivity (Wildman–Crippen MR) is 254 cm³/mol. The summed E-state index contributed by atoms with van der Waals surface area (Å²) in [5, 5.41) is 5.03. The highest BCUT2D eigenvalue weighted by molar-refractivity contribution is 6.14. The lowest BCUT2D eigenvalue weighted by Crippen LogP contribution is -2.33. The maximum atomic E-state index is 5.32. The molecule has 1 aliphatic carbocycles. The first-order chi connectivity index (χ1) is 29.7. The maximum Gasteiger partial charge on any atom is 0.164 e. The maximum absolute atomic E-state index is 5.32. The normalized spacial score (nSPS) is 14.4. The first-order valence-corrected chi connectivity index (χ1v) is 21.4. The van der Waals surface area contributed by atoms with Gasteiger partial charge < -0.3 is 4.57 Å². The number of hydrogen-bond donors (Lipinski definition) is 0. The molecule has 0 fully saturated rings. The van der Waals surface area contributed by atoms with Gasteiger partial charge in [-0.15, -0.1) is 0 Å². The quantitative estimate of drug-likeness (QED) is 0.169. The summed E-state index contributed by atoms with van der Waals surface area (Å²) in [4.78, 5) is 15.7. The van der Waals surface area contributed by atoms with E-state index >= 15 is 0 Å². The molecule has 0 unspecified atom stereocenters. The van der Waals surface area contributed by atoms with E-state index < -0.39 is 0 Å². The van der Waals surface area contributed by atoms with Crippen molar-refractivity contribution in [3.8, 4) is 62.1 Å². The van der Waals surface area contributed by atoms with Crippen molar-refractivity contribution < 1.29 is 0 Å². The lowest BCUT2D eigenvalue weighted by Gasteiger charge is -2.42. The van der Waals surface area contributed by atoms with Crippen molar-refractivity contribution in [3.63, 3.8) is 0 Å². The van der Waals surface area contributed by atoms with Crippen LogP contribution in [0.15, 0.2) is 182 Å². The third-order valence-electron chi connectivity index (χ3n) is 13.0. The lowest BCUT2D eigenvalue weighted by atomic mass is 9.63. The first kappa shape index (κ1) is 36.9. The molecule has 10 aromatic rings. The van der Waals surface area contributed by atoms with Crippen LogP contribution in [0.2, 0.25) is 0 Å². The Kier molecular flexibility index (Phi) is 8.61. The zero-order chi connectivity index (χ0) is 41.3. The summed E-state index contributed by atoms with van der Waals surface area (Å²) in [6, 6.07) is 65.2. The Labute approximate surface area is 357 Å². The minimum Gasteiger partial charge on any atom is -0.309 e. The van der Waals surface area contributed by atoms with Crippen LogP contribution in [0, 0.1) is 0 Å². The zero-order valence-electron chi connectivity index (χ0n) is 35.0. The highest BCUT2D eigenvalue weighted by atomic mass is 15.0. The summed E-state index contributed by atoms with van der Waals surface area (Å²) in [5.41, 5.74) is 13.9. The van der Waals surface area contributed by atoms with Crippen molar-refractivity contribution in [3.05, 3.63) is 193 Å². The van der Waals surface area contributed by atoms with Crippen LogP contribution in [0.25, 0.3) is 94.7 Å². The van der Waals surface area contributed by atoms with Gasteiger partial charge in [-0.05, 0) is 122 Å². The van der Waals surface area contributed by atoms with Crippen molar-refractivity contribution in [2.75, 3.05) is 0 Å². The second-order valence-corrected chi connectivity index (χ2v) is 18.0. The summed E-state index contributed by atoms with van der Waals surface area (Å²) < 4.78 is 2.47. The molecule has 8 aromatic carbocycles. The third kappa shape index (κ3) is 6.51. The molecule has 61 heavy (non-hydrogen) atoms. The molecule has 0 radical (unpaired) electrons. The van der Waals surface area contributed by atoms with Gasteiger partial charge >= 0.3 is 0 Å². The molecule has 0 bridgehead atoms. The van der Waals surface area contributed by atoms with Crippen LogP contribution in [-0.4, -0.2) is 19.5 Å². The minimum absolute atomic E-state index is 0.0696. The highest BCUT2D eigenvalue weighted by Crippen LogP contribution is 2.49. The fraction of sp³-hybridized carbons (Fsp3) is 0.140. The van der Waals surface area contributed by atoms with Crippen LogP contribution in [0.4, 0.5) is 0 Å². The summed E-state index contributed by atoms with van der Waals surface area (Å²) in [6.45, 7) is 9.65. The molecule has 0 saturated heterocycles. The number of nitrogens with zero attached hydrogens (tertiary/aromatic N) is 4. The molecule has 0 atom stereocenters. The number of hydrogen-bond acceptors (Lipinski definition) is 3. The standard InChI is InChI=1S/C57H46N4/c1-56(2)27-28-57(3,4)50-36-52-48(35-49(50)56)47-33-40-23-14-15-24-41(40)34-51(47)61(52)46-26-16-25-42(32-46)54-58-53(39-21-12-7-13-22-39)59-55(60-54)45-30-43(37-17-8-5-9-18-37)29-44(31-45)38-19-10-6-11-20-38/h5-26,29-36H,27-28H2,1-4H3. The molecule has 0 N–H and O–H groups in total. The fourth-order valence-electron chi connectivity index (χ4n) is 9.53. The molecule has 4 heteroatoms. The van der Waals surface area contributed by atoms with Crippen LogP contribution >= 0.6 is 0 Å². The van der Waals surface area contributed by atoms with Gasteiger partial charge in [0.25, 0.3) is 0 Å². The molecule has 0 aliphatic heterocycles. The van der Waals surface area contributed by atoms with E-state index in [1.165, 1.54) is 50.1 Å².